The second-order valence-corrected chi connectivity index (χ2v) is 15.3. The summed E-state index contributed by atoms with van der Waals surface area (Å²) in [5, 5.41) is 8.94. The quantitative estimate of drug-likeness (QED) is 0.259. The highest BCUT2D eigenvalue weighted by molar-refractivity contribution is 5.83. The lowest BCUT2D eigenvalue weighted by Crippen LogP contribution is -2.66. The summed E-state index contributed by atoms with van der Waals surface area (Å²) in [4.78, 5) is 38.7. The number of hydrogen-bond donors (Lipinski definition) is 1. The topological polar surface area (TPSA) is 83.9 Å². The van der Waals surface area contributed by atoms with Crippen molar-refractivity contribution in [1.29, 1.82) is 0 Å². The van der Waals surface area contributed by atoms with Crippen molar-refractivity contribution in [3.8, 4) is 0 Å². The molecule has 42 heavy (non-hydrogen) atoms. The Morgan fingerprint density at radius 3 is 2.17 bits per heavy atom. The molecule has 5 rings (SSSR count). The Kier molecular flexibility index (Phi) is 10.4. The summed E-state index contributed by atoms with van der Waals surface area (Å²) in [5.74, 6) is 1.70. The number of ether oxygens (including phenoxy) is 1. The number of esters is 1. The molecule has 0 radical (unpaired) electrons. The Bertz CT molecular complexity index is 1020. The van der Waals surface area contributed by atoms with Gasteiger partial charge < -0.3 is 14.7 Å². The molecular formula is C36H61NO5. The van der Waals surface area contributed by atoms with E-state index in [1.807, 2.05) is 25.9 Å². The average Bonchev–Trinajstić information content (AvgIpc) is 3.35. The minimum atomic E-state index is -0.953. The van der Waals surface area contributed by atoms with E-state index in [9.17, 15) is 14.4 Å². The fourth-order valence-electron chi connectivity index (χ4n) is 11.6. The molecule has 0 aromatic heterocycles. The molecule has 0 bridgehead atoms. The number of carbonyl (C=O) groups excluding carboxylic acids is 2. The molecule has 1 N–H and O–H groups in total. The Hall–Kier alpha value is -1.85. The largest absolute Gasteiger partial charge is 0.481 e. The van der Waals surface area contributed by atoms with Gasteiger partial charge in [0.15, 0.2) is 0 Å². The summed E-state index contributed by atoms with van der Waals surface area (Å²) in [6, 6.07) is 0. The Balaban J connectivity index is 0.00000116. The van der Waals surface area contributed by atoms with E-state index in [1.165, 1.54) is 44.9 Å². The molecule has 10 atom stereocenters. The fourth-order valence-corrected chi connectivity index (χ4v) is 11.6. The number of aliphatic carboxylic acids is 1. The van der Waals surface area contributed by atoms with E-state index < -0.39 is 5.97 Å². The predicted molar refractivity (Wildman–Crippen MR) is 169 cm³/mol. The summed E-state index contributed by atoms with van der Waals surface area (Å²) in [6.07, 6.45) is 14.0. The normalized spacial score (nSPS) is 43.4. The molecular weight excluding hydrogens is 526 g/mol. The third kappa shape index (κ3) is 5.36. The Morgan fingerprint density at radius 1 is 0.881 bits per heavy atom. The molecule has 0 saturated heterocycles. The molecule has 0 aliphatic heterocycles. The van der Waals surface area contributed by atoms with Gasteiger partial charge in [-0.1, -0.05) is 47.6 Å². The zero-order valence-electron chi connectivity index (χ0n) is 27.0. The molecule has 6 heteroatoms. The molecule has 5 fully saturated rings. The highest BCUT2D eigenvalue weighted by atomic mass is 16.5. The van der Waals surface area contributed by atoms with E-state index in [1.54, 1.807) is 6.08 Å². The van der Waals surface area contributed by atoms with Gasteiger partial charge in [0.05, 0.1) is 18.3 Å². The lowest BCUT2D eigenvalue weighted by Gasteiger charge is -2.71. The number of allylic oxidation sites excluding steroid dienone is 1. The van der Waals surface area contributed by atoms with Crippen LogP contribution in [0.2, 0.25) is 0 Å². The van der Waals surface area contributed by atoms with Crippen LogP contribution in [0.4, 0.5) is 0 Å². The first kappa shape index (κ1) is 34.6. The summed E-state index contributed by atoms with van der Waals surface area (Å²) in [7, 11) is 3.89. The number of carbonyl (C=O) groups is 3. The number of carboxylic acids is 1. The maximum Gasteiger partial charge on any atom is 0.306 e. The molecule has 240 valence electrons. The number of rotatable bonds is 5. The minimum Gasteiger partial charge on any atom is -0.481 e. The van der Waals surface area contributed by atoms with E-state index in [4.69, 9.17) is 9.84 Å². The van der Waals surface area contributed by atoms with Gasteiger partial charge in [0.1, 0.15) is 6.10 Å². The van der Waals surface area contributed by atoms with E-state index >= 15 is 0 Å². The molecule has 5 saturated carbocycles. The smallest absolute Gasteiger partial charge is 0.306 e. The van der Waals surface area contributed by atoms with Gasteiger partial charge in [-0.3, -0.25) is 14.4 Å². The third-order valence-corrected chi connectivity index (χ3v) is 13.5. The molecule has 0 aromatic rings. The Labute approximate surface area is 256 Å². The van der Waals surface area contributed by atoms with Crippen molar-refractivity contribution in [3.05, 3.63) is 12.7 Å². The van der Waals surface area contributed by atoms with Gasteiger partial charge in [-0.25, -0.2) is 0 Å². The number of carboxylic acid groups (broad SMARTS) is 1. The molecule has 5 aliphatic carbocycles. The summed E-state index contributed by atoms with van der Waals surface area (Å²) in [6.45, 7) is 15.3. The van der Waals surface area contributed by atoms with Crippen molar-refractivity contribution in [2.75, 3.05) is 14.1 Å². The fraction of sp³-hybridized carbons (Fsp3) is 0.861. The van der Waals surface area contributed by atoms with Crippen LogP contribution in [0.15, 0.2) is 12.7 Å². The number of hydrogen-bond acceptors (Lipinski definition) is 4. The first-order valence-corrected chi connectivity index (χ1v) is 16.4. The summed E-state index contributed by atoms with van der Waals surface area (Å²) < 4.78 is 5.88. The van der Waals surface area contributed by atoms with Crippen molar-refractivity contribution >= 4 is 17.8 Å². The molecule has 0 heterocycles. The highest BCUT2D eigenvalue weighted by Gasteiger charge is 2.70. The number of fused-ring (bicyclic) bond motifs is 7. The number of nitrogens with zero attached hydrogens (tertiary/aromatic N) is 1. The van der Waals surface area contributed by atoms with Gasteiger partial charge >= 0.3 is 11.9 Å². The van der Waals surface area contributed by atoms with Crippen LogP contribution in [0.1, 0.15) is 126 Å². The lowest BCUT2D eigenvalue weighted by atomic mass is 9.33. The minimum absolute atomic E-state index is 0. The maximum absolute atomic E-state index is 13.6. The second-order valence-electron chi connectivity index (χ2n) is 15.3. The Morgan fingerprint density at radius 2 is 1.55 bits per heavy atom. The van der Waals surface area contributed by atoms with Crippen LogP contribution in [0.25, 0.3) is 0 Å². The SMILES string of the molecule is C.C=CC.CC1C(OC(=O)CCC(=O)O)CCC2(C)C1CCC1(C)C2CCC2[C@H]3CCCC3(C(=O)N(C)C)CC[C@]21C. The van der Waals surface area contributed by atoms with Crippen molar-refractivity contribution in [3.63, 3.8) is 0 Å². The van der Waals surface area contributed by atoms with Gasteiger partial charge in [0.2, 0.25) is 5.91 Å². The standard InChI is InChI=1S/C32H51NO5.C3H6.CH4/c1-20-21-13-17-31(4)25(29(21,2)16-14-24(20)38-27(36)12-11-26(34)35)10-9-22-23-8-7-15-32(23,28(37)33(5)6)19-18-30(22,31)3;1-3-2;/h20-25H,7-19H2,1-6H3,(H,34,35);3H,1H2,2H3;1H4/t20?,21?,22?,23-,24?,25?,29?,30-,31?,32?;;/m1../s1. The van der Waals surface area contributed by atoms with Crippen LogP contribution in [-0.2, 0) is 19.1 Å². The highest BCUT2D eigenvalue weighted by Crippen LogP contribution is 2.76. The summed E-state index contributed by atoms with van der Waals surface area (Å²) >= 11 is 0. The molecule has 8 unspecified atom stereocenters. The van der Waals surface area contributed by atoms with Crippen LogP contribution in [0.5, 0.6) is 0 Å². The second kappa shape index (κ2) is 12.6. The van der Waals surface area contributed by atoms with E-state index in [0.717, 1.165) is 25.7 Å². The molecule has 5 aliphatic rings. The maximum atomic E-state index is 13.6. The monoisotopic (exact) mass is 587 g/mol. The van der Waals surface area contributed by atoms with Crippen molar-refractivity contribution in [2.24, 2.45) is 51.2 Å². The van der Waals surface area contributed by atoms with Gasteiger partial charge in [0.25, 0.3) is 0 Å². The van der Waals surface area contributed by atoms with Crippen LogP contribution >= 0.6 is 0 Å². The number of amides is 1. The van der Waals surface area contributed by atoms with E-state index in [-0.39, 0.29) is 54.0 Å². The van der Waals surface area contributed by atoms with E-state index in [0.29, 0.717) is 35.5 Å². The average molecular weight is 588 g/mol. The van der Waals surface area contributed by atoms with Gasteiger partial charge in [-0.05, 0) is 117 Å². The summed E-state index contributed by atoms with van der Waals surface area (Å²) in [5.41, 5.74) is 0.628. The van der Waals surface area contributed by atoms with Crippen molar-refractivity contribution in [1.82, 2.24) is 4.90 Å². The molecule has 0 spiro atoms. The molecule has 1 amide bonds. The third-order valence-electron chi connectivity index (χ3n) is 13.5. The predicted octanol–water partition coefficient (Wildman–Crippen LogP) is 8.14. The molecule has 6 nitrogen and oxygen atoms in total. The van der Waals surface area contributed by atoms with Crippen molar-refractivity contribution in [2.45, 2.75) is 132 Å². The van der Waals surface area contributed by atoms with Gasteiger partial charge in [-0.2, -0.15) is 0 Å². The van der Waals surface area contributed by atoms with E-state index in [2.05, 4.69) is 34.3 Å². The van der Waals surface area contributed by atoms with Crippen molar-refractivity contribution < 1.29 is 24.2 Å². The zero-order valence-corrected chi connectivity index (χ0v) is 27.0. The molecule has 0 aromatic carbocycles. The van der Waals surface area contributed by atoms with Gasteiger partial charge in [-0.15, -0.1) is 6.58 Å². The zero-order chi connectivity index (χ0) is 30.4. The van der Waals surface area contributed by atoms with Crippen LogP contribution in [0.3, 0.4) is 0 Å². The van der Waals surface area contributed by atoms with Crippen LogP contribution in [0, 0.1) is 51.2 Å². The lowest BCUT2D eigenvalue weighted by molar-refractivity contribution is -0.235. The van der Waals surface area contributed by atoms with Crippen LogP contribution in [-0.4, -0.2) is 48.1 Å². The van der Waals surface area contributed by atoms with Gasteiger partial charge in [0, 0.05) is 14.1 Å². The first-order chi connectivity index (χ1) is 19.2. The van der Waals surface area contributed by atoms with Crippen LogP contribution < -0.4 is 0 Å². The first-order valence-electron chi connectivity index (χ1n) is 16.4.